The lowest BCUT2D eigenvalue weighted by atomic mass is 9.99. The van der Waals surface area contributed by atoms with Gasteiger partial charge in [-0.3, -0.25) is 4.99 Å². The van der Waals surface area contributed by atoms with Crippen molar-refractivity contribution in [3.8, 4) is 0 Å². The van der Waals surface area contributed by atoms with Gasteiger partial charge in [-0.15, -0.1) is 0 Å². The number of halogens is 1. The van der Waals surface area contributed by atoms with Gasteiger partial charge in [0.25, 0.3) is 0 Å². The minimum Gasteiger partial charge on any atom is -0.254 e. The van der Waals surface area contributed by atoms with Crippen LogP contribution in [0, 0.1) is 18.7 Å². The van der Waals surface area contributed by atoms with Crippen LogP contribution < -0.4 is 0 Å². The molecule has 0 saturated carbocycles. The lowest BCUT2D eigenvalue weighted by molar-refractivity contribution is 0.629. The van der Waals surface area contributed by atoms with Crippen molar-refractivity contribution in [2.75, 3.05) is 0 Å². The quantitative estimate of drug-likeness (QED) is 0.645. The van der Waals surface area contributed by atoms with Crippen LogP contribution in [0.15, 0.2) is 17.1 Å². The van der Waals surface area contributed by atoms with Crippen molar-refractivity contribution in [1.29, 1.82) is 0 Å². The van der Waals surface area contributed by atoms with Gasteiger partial charge in [0.05, 0.1) is 0 Å². The Hall–Kier alpha value is -1.18. The number of aliphatic imine (C=N–C) groups is 1. The summed E-state index contributed by atoms with van der Waals surface area (Å²) in [4.78, 5) is 4.35. The lowest BCUT2D eigenvalue weighted by Gasteiger charge is -2.04. The summed E-state index contributed by atoms with van der Waals surface area (Å²) in [5, 5.41) is 0. The Balaban J connectivity index is 2.50. The average molecular weight is 191 g/mol. The third kappa shape index (κ3) is 1.35. The van der Waals surface area contributed by atoms with E-state index in [1.54, 1.807) is 0 Å². The molecule has 0 saturated heterocycles. The highest BCUT2D eigenvalue weighted by atomic mass is 19.1. The van der Waals surface area contributed by atoms with Crippen molar-refractivity contribution < 1.29 is 4.39 Å². The molecule has 14 heavy (non-hydrogen) atoms. The molecule has 0 fully saturated rings. The molecule has 1 aromatic rings. The first-order chi connectivity index (χ1) is 6.59. The van der Waals surface area contributed by atoms with Crippen molar-refractivity contribution >= 4 is 11.4 Å². The second-order valence-electron chi connectivity index (χ2n) is 4.13. The largest absolute Gasteiger partial charge is 0.254 e. The summed E-state index contributed by atoms with van der Waals surface area (Å²) in [5.74, 6) is 0.211. The molecule has 0 aliphatic carbocycles. The summed E-state index contributed by atoms with van der Waals surface area (Å²) in [5.41, 5.74) is 3.86. The molecule has 1 heterocycles. The highest BCUT2D eigenvalue weighted by Crippen LogP contribution is 2.33. The SMILES string of the molecule is Cc1ccc(F)c2c1CC(C(C)C)=N2. The standard InChI is InChI=1S/C12H14FN/c1-7(2)11-6-9-8(3)4-5-10(13)12(9)14-11/h4-5,7H,6H2,1-3H3. The number of fused-ring (bicyclic) bond motifs is 1. The van der Waals surface area contributed by atoms with E-state index in [0.717, 1.165) is 23.3 Å². The molecule has 0 N–H and O–H groups in total. The fourth-order valence-corrected chi connectivity index (χ4v) is 1.75. The van der Waals surface area contributed by atoms with Gasteiger partial charge in [-0.1, -0.05) is 19.9 Å². The molecule has 2 rings (SSSR count). The summed E-state index contributed by atoms with van der Waals surface area (Å²) >= 11 is 0. The van der Waals surface area contributed by atoms with Crippen molar-refractivity contribution in [2.45, 2.75) is 27.2 Å². The second kappa shape index (κ2) is 3.19. The smallest absolute Gasteiger partial charge is 0.149 e. The summed E-state index contributed by atoms with van der Waals surface area (Å²) in [6.07, 6.45) is 0.816. The summed E-state index contributed by atoms with van der Waals surface area (Å²) in [6, 6.07) is 3.33. The first kappa shape index (κ1) is 9.38. The third-order valence-electron chi connectivity index (χ3n) is 2.75. The molecule has 74 valence electrons. The Morgan fingerprint density at radius 2 is 2.07 bits per heavy atom. The molecule has 1 aliphatic rings. The summed E-state index contributed by atoms with van der Waals surface area (Å²) in [6.45, 7) is 6.20. The van der Waals surface area contributed by atoms with E-state index < -0.39 is 0 Å². The monoisotopic (exact) mass is 191 g/mol. The summed E-state index contributed by atoms with van der Waals surface area (Å²) < 4.78 is 13.4. The molecule has 1 nitrogen and oxygen atoms in total. The van der Waals surface area contributed by atoms with E-state index in [9.17, 15) is 4.39 Å². The first-order valence-corrected chi connectivity index (χ1v) is 4.95. The molecule has 0 amide bonds. The van der Waals surface area contributed by atoms with Crippen LogP contribution in [-0.2, 0) is 6.42 Å². The third-order valence-corrected chi connectivity index (χ3v) is 2.75. The molecule has 0 radical (unpaired) electrons. The fourth-order valence-electron chi connectivity index (χ4n) is 1.75. The maximum Gasteiger partial charge on any atom is 0.149 e. The van der Waals surface area contributed by atoms with Crippen LogP contribution in [0.2, 0.25) is 0 Å². The van der Waals surface area contributed by atoms with Gasteiger partial charge in [0.15, 0.2) is 0 Å². The molecule has 0 spiro atoms. The zero-order valence-corrected chi connectivity index (χ0v) is 8.76. The van der Waals surface area contributed by atoms with E-state index in [4.69, 9.17) is 0 Å². The van der Waals surface area contributed by atoms with Gasteiger partial charge < -0.3 is 0 Å². The number of rotatable bonds is 1. The van der Waals surface area contributed by atoms with Crippen LogP contribution in [0.1, 0.15) is 25.0 Å². The van der Waals surface area contributed by atoms with E-state index in [1.165, 1.54) is 6.07 Å². The molecular formula is C12H14FN. The van der Waals surface area contributed by atoms with Crippen LogP contribution in [0.3, 0.4) is 0 Å². The molecular weight excluding hydrogens is 177 g/mol. The Labute approximate surface area is 83.7 Å². The minimum atomic E-state index is -0.193. The number of benzene rings is 1. The number of aryl methyl sites for hydroxylation is 1. The molecule has 0 aromatic heterocycles. The molecule has 0 bridgehead atoms. The van der Waals surface area contributed by atoms with Crippen LogP contribution in [0.25, 0.3) is 0 Å². The van der Waals surface area contributed by atoms with Crippen molar-refractivity contribution in [2.24, 2.45) is 10.9 Å². The zero-order chi connectivity index (χ0) is 10.3. The van der Waals surface area contributed by atoms with E-state index >= 15 is 0 Å². The van der Waals surface area contributed by atoms with E-state index in [2.05, 4.69) is 18.8 Å². The maximum atomic E-state index is 13.4. The highest BCUT2D eigenvalue weighted by molar-refractivity contribution is 5.95. The Morgan fingerprint density at radius 1 is 1.36 bits per heavy atom. The van der Waals surface area contributed by atoms with Gasteiger partial charge in [-0.25, -0.2) is 4.39 Å². The van der Waals surface area contributed by atoms with Crippen molar-refractivity contribution in [3.05, 3.63) is 29.1 Å². The predicted molar refractivity (Wildman–Crippen MR) is 56.8 cm³/mol. The van der Waals surface area contributed by atoms with Gasteiger partial charge in [0.1, 0.15) is 11.5 Å². The van der Waals surface area contributed by atoms with Gasteiger partial charge in [-0.05, 0) is 30.0 Å². The molecule has 1 aromatic carbocycles. The van der Waals surface area contributed by atoms with Gasteiger partial charge in [0, 0.05) is 12.1 Å². The molecule has 2 heteroatoms. The number of hydrogen-bond donors (Lipinski definition) is 0. The van der Waals surface area contributed by atoms with E-state index in [-0.39, 0.29) is 5.82 Å². The first-order valence-electron chi connectivity index (χ1n) is 4.95. The van der Waals surface area contributed by atoms with E-state index in [0.29, 0.717) is 11.6 Å². The highest BCUT2D eigenvalue weighted by Gasteiger charge is 2.21. The Kier molecular flexibility index (Phi) is 2.14. The lowest BCUT2D eigenvalue weighted by Crippen LogP contribution is -2.06. The Bertz CT molecular complexity index is 405. The molecule has 0 unspecified atom stereocenters. The van der Waals surface area contributed by atoms with Gasteiger partial charge in [0.2, 0.25) is 0 Å². The average Bonchev–Trinajstić information content (AvgIpc) is 2.57. The maximum absolute atomic E-state index is 13.4. The summed E-state index contributed by atoms with van der Waals surface area (Å²) in [7, 11) is 0. The molecule has 1 aliphatic heterocycles. The van der Waals surface area contributed by atoms with Crippen LogP contribution in [0.5, 0.6) is 0 Å². The number of nitrogens with zero attached hydrogens (tertiary/aromatic N) is 1. The second-order valence-corrected chi connectivity index (χ2v) is 4.13. The predicted octanol–water partition coefficient (Wildman–Crippen LogP) is 3.42. The van der Waals surface area contributed by atoms with Gasteiger partial charge in [-0.2, -0.15) is 0 Å². The number of hydrogen-bond acceptors (Lipinski definition) is 1. The minimum absolute atomic E-state index is 0.193. The molecule has 0 atom stereocenters. The van der Waals surface area contributed by atoms with Crippen LogP contribution in [0.4, 0.5) is 10.1 Å². The normalized spacial score (nSPS) is 14.5. The van der Waals surface area contributed by atoms with Crippen molar-refractivity contribution in [3.63, 3.8) is 0 Å². The topological polar surface area (TPSA) is 12.4 Å². The van der Waals surface area contributed by atoms with E-state index in [1.807, 2.05) is 13.0 Å². The van der Waals surface area contributed by atoms with Crippen molar-refractivity contribution in [1.82, 2.24) is 0 Å². The fraction of sp³-hybridized carbons (Fsp3) is 0.417. The van der Waals surface area contributed by atoms with Crippen LogP contribution >= 0.6 is 0 Å². The van der Waals surface area contributed by atoms with Gasteiger partial charge >= 0.3 is 0 Å². The Morgan fingerprint density at radius 3 is 2.64 bits per heavy atom. The van der Waals surface area contributed by atoms with Crippen LogP contribution in [-0.4, -0.2) is 5.71 Å². The zero-order valence-electron chi connectivity index (χ0n) is 8.76.